The number of nitrogens with zero attached hydrogens (tertiary/aromatic N) is 2. The molecular weight excluding hydrogens is 517 g/mol. The Morgan fingerprint density at radius 3 is 2.55 bits per heavy atom. The van der Waals surface area contributed by atoms with Gasteiger partial charge < -0.3 is 14.8 Å². The average molecular weight is 552 g/mol. The minimum absolute atomic E-state index is 0.129. The van der Waals surface area contributed by atoms with Crippen molar-refractivity contribution in [2.75, 3.05) is 20.6 Å². The monoisotopic (exact) mass is 551 g/mol. The minimum Gasteiger partial charge on any atom is -0.356 e. The fraction of sp³-hybridized carbons (Fsp3) is 0.324. The van der Waals surface area contributed by atoms with E-state index in [0.717, 1.165) is 58.8 Å². The normalized spacial score (nSPS) is 21.8. The Balaban J connectivity index is 1.29. The second-order valence-electron chi connectivity index (χ2n) is 11.7. The Labute approximate surface area is 238 Å². The number of aromatic nitrogens is 1. The first-order valence-electron chi connectivity index (χ1n) is 14.3. The van der Waals surface area contributed by atoms with E-state index in [1.165, 1.54) is 22.7 Å². The molecule has 1 aliphatic carbocycles. The van der Waals surface area contributed by atoms with Crippen molar-refractivity contribution >= 4 is 38.2 Å². The van der Waals surface area contributed by atoms with E-state index >= 15 is 0 Å². The number of H-pyrrole nitrogens is 1. The highest BCUT2D eigenvalue weighted by Gasteiger charge is 2.50. The number of hydrogen-bond acceptors (Lipinski definition) is 3. The zero-order valence-electron chi connectivity index (χ0n) is 23.0. The molecule has 7 rings (SSSR count). The lowest BCUT2D eigenvalue weighted by Gasteiger charge is -2.52. The summed E-state index contributed by atoms with van der Waals surface area (Å²) in [7, 11) is 4.18. The van der Waals surface area contributed by atoms with Gasteiger partial charge in [-0.1, -0.05) is 48.5 Å². The average Bonchev–Trinajstić information content (AvgIpc) is 3.57. The number of thiophene rings is 1. The van der Waals surface area contributed by atoms with Crippen LogP contribution in [0.25, 0.3) is 21.0 Å². The van der Waals surface area contributed by atoms with Gasteiger partial charge in [-0.2, -0.15) is 0 Å². The number of para-hydroxylation sites is 1. The van der Waals surface area contributed by atoms with Crippen LogP contribution >= 0.6 is 11.3 Å². The van der Waals surface area contributed by atoms with Crippen molar-refractivity contribution in [3.8, 4) is 0 Å². The molecular formula is C34H34FN3OS. The molecule has 1 saturated carbocycles. The lowest BCUT2D eigenvalue weighted by molar-refractivity contribution is 0.00929. The van der Waals surface area contributed by atoms with Gasteiger partial charge >= 0.3 is 0 Å². The summed E-state index contributed by atoms with van der Waals surface area (Å²) in [6.45, 7) is 0.712. The molecule has 1 N–H and O–H groups in total. The molecule has 0 bridgehead atoms. The predicted molar refractivity (Wildman–Crippen MR) is 161 cm³/mol. The molecule has 1 atom stereocenters. The molecule has 2 aromatic heterocycles. The van der Waals surface area contributed by atoms with Crippen molar-refractivity contribution in [2.45, 2.75) is 43.7 Å². The van der Waals surface area contributed by atoms with Crippen molar-refractivity contribution in [2.24, 2.45) is 5.92 Å². The third-order valence-electron chi connectivity index (χ3n) is 9.39. The van der Waals surface area contributed by atoms with Crippen LogP contribution in [-0.4, -0.2) is 41.3 Å². The Morgan fingerprint density at radius 2 is 1.77 bits per heavy atom. The molecule has 1 unspecified atom stereocenters. The van der Waals surface area contributed by atoms with E-state index in [-0.39, 0.29) is 23.3 Å². The topological polar surface area (TPSA) is 39.3 Å². The molecule has 40 heavy (non-hydrogen) atoms. The Kier molecular flexibility index (Phi) is 6.28. The van der Waals surface area contributed by atoms with Gasteiger partial charge in [0.15, 0.2) is 0 Å². The number of hydrogen-bond donors (Lipinski definition) is 1. The fourth-order valence-electron chi connectivity index (χ4n) is 7.65. The summed E-state index contributed by atoms with van der Waals surface area (Å²) in [5.74, 6) is 0.317. The Morgan fingerprint density at radius 1 is 1.02 bits per heavy atom. The molecule has 1 amide bonds. The lowest BCUT2D eigenvalue weighted by Crippen LogP contribution is -2.55. The fourth-order valence-corrected chi connectivity index (χ4v) is 8.58. The summed E-state index contributed by atoms with van der Waals surface area (Å²) in [6.07, 6.45) is 4.53. The second kappa shape index (κ2) is 9.86. The second-order valence-corrected chi connectivity index (χ2v) is 12.6. The Hall–Kier alpha value is -3.48. The maximum Gasteiger partial charge on any atom is 0.256 e. The highest BCUT2D eigenvalue weighted by Crippen LogP contribution is 2.52. The van der Waals surface area contributed by atoms with Crippen LogP contribution in [0.5, 0.6) is 0 Å². The highest BCUT2D eigenvalue weighted by molar-refractivity contribution is 7.17. The van der Waals surface area contributed by atoms with Crippen LogP contribution in [0.2, 0.25) is 0 Å². The predicted octanol–water partition coefficient (Wildman–Crippen LogP) is 7.91. The lowest BCUT2D eigenvalue weighted by atomic mass is 9.68. The first kappa shape index (κ1) is 25.5. The van der Waals surface area contributed by atoms with E-state index in [0.29, 0.717) is 12.5 Å². The van der Waals surface area contributed by atoms with Crippen molar-refractivity contribution < 1.29 is 9.18 Å². The first-order chi connectivity index (χ1) is 19.5. The zero-order chi connectivity index (χ0) is 27.4. The standard InChI is InChI=1S/C34H34FN3OS/c1-37(2)31(23-8-7-9-24(35)20-23)22-14-17-34(18-15-22)32-27(25-10-3-5-12-29(25)36-32)16-19-38(34)33(39)28-21-40-30-13-6-4-11-26(28)30/h3-13,20-22,31,36H,14-19H2,1-2H3. The number of aromatic amines is 1. The maximum atomic E-state index is 14.4. The molecule has 3 aromatic carbocycles. The summed E-state index contributed by atoms with van der Waals surface area (Å²) >= 11 is 1.65. The molecule has 0 saturated heterocycles. The summed E-state index contributed by atoms with van der Waals surface area (Å²) < 4.78 is 15.4. The van der Waals surface area contributed by atoms with Crippen LogP contribution in [0.4, 0.5) is 4.39 Å². The molecule has 0 radical (unpaired) electrons. The van der Waals surface area contributed by atoms with Crippen LogP contribution in [0, 0.1) is 11.7 Å². The van der Waals surface area contributed by atoms with E-state index in [4.69, 9.17) is 0 Å². The molecule has 1 fully saturated rings. The van der Waals surface area contributed by atoms with Crippen LogP contribution < -0.4 is 0 Å². The molecule has 3 heterocycles. The molecule has 204 valence electrons. The Bertz CT molecular complexity index is 1710. The van der Waals surface area contributed by atoms with Crippen LogP contribution in [0.1, 0.15) is 58.9 Å². The molecule has 1 spiro atoms. The van der Waals surface area contributed by atoms with E-state index in [1.807, 2.05) is 29.6 Å². The smallest absolute Gasteiger partial charge is 0.256 e. The number of fused-ring (bicyclic) bond motifs is 5. The van der Waals surface area contributed by atoms with Crippen LogP contribution in [0.3, 0.4) is 0 Å². The van der Waals surface area contributed by atoms with Gasteiger partial charge in [-0.05, 0) is 87.5 Å². The number of benzene rings is 3. The number of amides is 1. The third-order valence-corrected chi connectivity index (χ3v) is 10.4. The third kappa shape index (κ3) is 4.00. The first-order valence-corrected chi connectivity index (χ1v) is 15.1. The highest BCUT2D eigenvalue weighted by atomic mass is 32.1. The van der Waals surface area contributed by atoms with Gasteiger partial charge in [0.1, 0.15) is 5.82 Å². The molecule has 4 nitrogen and oxygen atoms in total. The molecule has 6 heteroatoms. The van der Waals surface area contributed by atoms with Gasteiger partial charge in [-0.25, -0.2) is 4.39 Å². The minimum atomic E-state index is -0.387. The van der Waals surface area contributed by atoms with Crippen molar-refractivity contribution in [3.63, 3.8) is 0 Å². The van der Waals surface area contributed by atoms with Gasteiger partial charge in [0.2, 0.25) is 0 Å². The van der Waals surface area contributed by atoms with Crippen molar-refractivity contribution in [1.29, 1.82) is 0 Å². The quantitative estimate of drug-likeness (QED) is 0.247. The summed E-state index contributed by atoms with van der Waals surface area (Å²) in [5.41, 5.74) is 5.18. The van der Waals surface area contributed by atoms with Crippen molar-refractivity contribution in [1.82, 2.24) is 14.8 Å². The SMILES string of the molecule is CN(C)C(c1cccc(F)c1)C1CCC2(CC1)c1[nH]c3ccccc3c1CCN2C(=O)c1csc2ccccc12. The van der Waals surface area contributed by atoms with Gasteiger partial charge in [-0.15, -0.1) is 11.3 Å². The molecule has 2 aliphatic rings. The van der Waals surface area contributed by atoms with Crippen LogP contribution in [-0.2, 0) is 12.0 Å². The van der Waals surface area contributed by atoms with Gasteiger partial charge in [-0.3, -0.25) is 4.79 Å². The number of nitrogens with one attached hydrogen (secondary N) is 1. The summed E-state index contributed by atoms with van der Waals surface area (Å²) in [4.78, 5) is 22.6. The van der Waals surface area contributed by atoms with Gasteiger partial charge in [0.05, 0.1) is 11.1 Å². The molecule has 5 aromatic rings. The van der Waals surface area contributed by atoms with E-state index in [1.54, 1.807) is 17.4 Å². The van der Waals surface area contributed by atoms with Gasteiger partial charge in [0.25, 0.3) is 5.91 Å². The largest absolute Gasteiger partial charge is 0.356 e. The molecule has 1 aliphatic heterocycles. The summed E-state index contributed by atoms with van der Waals surface area (Å²) in [5, 5.41) is 4.36. The van der Waals surface area contributed by atoms with Crippen molar-refractivity contribution in [3.05, 3.63) is 106 Å². The van der Waals surface area contributed by atoms with E-state index < -0.39 is 0 Å². The number of halogens is 1. The van der Waals surface area contributed by atoms with E-state index in [9.17, 15) is 9.18 Å². The maximum absolute atomic E-state index is 14.4. The summed E-state index contributed by atoms with van der Waals surface area (Å²) in [6, 6.07) is 24.0. The van der Waals surface area contributed by atoms with Crippen LogP contribution in [0.15, 0.2) is 78.2 Å². The number of carbonyl (C=O) groups excluding carboxylic acids is 1. The van der Waals surface area contributed by atoms with Gasteiger partial charge in [0, 0.05) is 44.6 Å². The van der Waals surface area contributed by atoms with E-state index in [2.05, 4.69) is 65.3 Å². The number of carbonyl (C=O) groups is 1. The zero-order valence-corrected chi connectivity index (χ0v) is 23.8. The number of rotatable bonds is 4.